The maximum absolute atomic E-state index is 5.29. The Labute approximate surface area is 45.5 Å². The minimum Gasteiger partial charge on any atom is -0.0961 e. The molecule has 0 aromatic heterocycles. The van der Waals surface area contributed by atoms with Crippen LogP contribution in [-0.2, 0) is 0 Å². The second-order valence-corrected chi connectivity index (χ2v) is 1.73. The highest BCUT2D eigenvalue weighted by Gasteiger charge is 1.74. The summed E-state index contributed by atoms with van der Waals surface area (Å²) in [5, 5.41) is 0. The molecule has 0 aromatic carbocycles. The van der Waals surface area contributed by atoms with E-state index in [-0.39, 0.29) is 0 Å². The predicted octanol–water partition coefficient (Wildman–Crippen LogP) is 2.22. The second kappa shape index (κ2) is 2.62. The third-order valence-corrected chi connectivity index (χ3v) is 0.474. The highest BCUT2D eigenvalue weighted by molar-refractivity contribution is 5.18. The highest BCUT2D eigenvalue weighted by Crippen LogP contribution is 1.94. The van der Waals surface area contributed by atoms with Crippen LogP contribution in [0.15, 0.2) is 23.8 Å². The summed E-state index contributed by atoms with van der Waals surface area (Å²) >= 11 is 0. The topological polar surface area (TPSA) is 0 Å². The van der Waals surface area contributed by atoms with Crippen LogP contribution in [0, 0.1) is 6.92 Å². The van der Waals surface area contributed by atoms with Crippen LogP contribution in [0.4, 0.5) is 0 Å². The van der Waals surface area contributed by atoms with Crippen LogP contribution in [0.1, 0.15) is 13.8 Å². The van der Waals surface area contributed by atoms with E-state index in [0.29, 0.717) is 0 Å². The molecule has 0 atom stereocenters. The Morgan fingerprint density at radius 3 is 2.00 bits per heavy atom. The molecule has 0 saturated heterocycles. The minimum atomic E-state index is 0.813. The largest absolute Gasteiger partial charge is 0.0961 e. The third-order valence-electron chi connectivity index (χ3n) is 0.474. The van der Waals surface area contributed by atoms with E-state index in [0.717, 1.165) is 11.1 Å². The Morgan fingerprint density at radius 2 is 2.00 bits per heavy atom. The molecule has 0 heteroatoms. The van der Waals surface area contributed by atoms with Crippen LogP contribution >= 0.6 is 0 Å². The van der Waals surface area contributed by atoms with Crippen molar-refractivity contribution in [2.45, 2.75) is 13.8 Å². The SMILES string of the molecule is [CH]/C(C)=C/C(=C)C. The van der Waals surface area contributed by atoms with Gasteiger partial charge in [-0.25, -0.2) is 0 Å². The molecule has 0 saturated carbocycles. The normalized spacial score (nSPS) is 11.6. The lowest BCUT2D eigenvalue weighted by Crippen LogP contribution is -1.64. The fourth-order valence-corrected chi connectivity index (χ4v) is 0.389. The van der Waals surface area contributed by atoms with Gasteiger partial charge in [-0.15, -0.1) is 0 Å². The van der Waals surface area contributed by atoms with Crippen LogP contribution in [-0.4, -0.2) is 0 Å². The van der Waals surface area contributed by atoms with Gasteiger partial charge in [0.2, 0.25) is 0 Å². The van der Waals surface area contributed by atoms with Crippen molar-refractivity contribution in [3.63, 3.8) is 0 Å². The van der Waals surface area contributed by atoms with E-state index in [1.54, 1.807) is 0 Å². The number of hydrogen-bond acceptors (Lipinski definition) is 0. The van der Waals surface area contributed by atoms with Crippen molar-refractivity contribution in [3.05, 3.63) is 30.7 Å². The van der Waals surface area contributed by atoms with Crippen LogP contribution < -0.4 is 0 Å². The molecule has 0 aromatic rings. The van der Waals surface area contributed by atoms with Gasteiger partial charge in [-0.3, -0.25) is 0 Å². The van der Waals surface area contributed by atoms with E-state index in [1.165, 1.54) is 0 Å². The van der Waals surface area contributed by atoms with Crippen LogP contribution in [0.3, 0.4) is 0 Å². The van der Waals surface area contributed by atoms with Gasteiger partial charge in [0.15, 0.2) is 0 Å². The summed E-state index contributed by atoms with van der Waals surface area (Å²) in [6.07, 6.45) is 1.83. The first-order valence-electron chi connectivity index (χ1n) is 2.22. The van der Waals surface area contributed by atoms with E-state index in [2.05, 4.69) is 6.58 Å². The molecule has 0 heterocycles. The Bertz CT molecular complexity index is 92.6. The van der Waals surface area contributed by atoms with E-state index in [4.69, 9.17) is 6.92 Å². The van der Waals surface area contributed by atoms with Crippen LogP contribution in [0.2, 0.25) is 0 Å². The van der Waals surface area contributed by atoms with Gasteiger partial charge < -0.3 is 0 Å². The van der Waals surface area contributed by atoms with Crippen LogP contribution in [0.5, 0.6) is 0 Å². The van der Waals surface area contributed by atoms with E-state index < -0.39 is 0 Å². The quantitative estimate of drug-likeness (QED) is 0.437. The summed E-state index contributed by atoms with van der Waals surface area (Å²) in [7, 11) is 0. The smallest absolute Gasteiger partial charge is 0.00595 e. The molecule has 0 unspecified atom stereocenters. The van der Waals surface area contributed by atoms with E-state index in [9.17, 15) is 0 Å². The Balaban J connectivity index is 3.68. The lowest BCUT2D eigenvalue weighted by Gasteiger charge is -1.85. The summed E-state index contributed by atoms with van der Waals surface area (Å²) in [6, 6.07) is 0. The maximum atomic E-state index is 5.29. The van der Waals surface area contributed by atoms with Crippen LogP contribution in [0.25, 0.3) is 0 Å². The minimum absolute atomic E-state index is 0.813. The molecule has 38 valence electrons. The molecular weight excluding hydrogens is 84.1 g/mol. The summed E-state index contributed by atoms with van der Waals surface area (Å²) in [5.41, 5.74) is 1.81. The van der Waals surface area contributed by atoms with Crippen molar-refractivity contribution >= 4 is 0 Å². The summed E-state index contributed by atoms with van der Waals surface area (Å²) < 4.78 is 0. The maximum Gasteiger partial charge on any atom is -0.00595 e. The Morgan fingerprint density at radius 1 is 1.57 bits per heavy atom. The Hall–Kier alpha value is -0.520. The molecule has 0 bridgehead atoms. The van der Waals surface area contributed by atoms with Crippen molar-refractivity contribution in [1.29, 1.82) is 0 Å². The molecule has 0 aliphatic rings. The van der Waals surface area contributed by atoms with Gasteiger partial charge in [0.1, 0.15) is 0 Å². The molecule has 0 N–H and O–H groups in total. The zero-order chi connectivity index (χ0) is 5.86. The second-order valence-electron chi connectivity index (χ2n) is 1.73. The average molecular weight is 94.2 g/mol. The molecule has 2 radical (unpaired) electrons. The molecule has 0 aliphatic heterocycles. The number of hydrogen-bond donors (Lipinski definition) is 0. The molecule has 0 amide bonds. The fraction of sp³-hybridized carbons (Fsp3) is 0.286. The molecular formula is C7H10. The monoisotopic (exact) mass is 94.1 g/mol. The number of allylic oxidation sites excluding steroid dienone is 3. The first-order chi connectivity index (χ1) is 3.13. The Kier molecular flexibility index (Phi) is 2.42. The molecule has 0 rings (SSSR count). The number of rotatable bonds is 1. The first kappa shape index (κ1) is 6.48. The van der Waals surface area contributed by atoms with E-state index >= 15 is 0 Å². The average Bonchev–Trinajstić information content (AvgIpc) is 1.27. The molecule has 0 aliphatic carbocycles. The molecule has 7 heavy (non-hydrogen) atoms. The van der Waals surface area contributed by atoms with Gasteiger partial charge in [0.25, 0.3) is 0 Å². The zero-order valence-electron chi connectivity index (χ0n) is 4.86. The first-order valence-corrected chi connectivity index (χ1v) is 2.22. The van der Waals surface area contributed by atoms with Gasteiger partial charge in [0, 0.05) is 0 Å². The van der Waals surface area contributed by atoms with Gasteiger partial charge in [-0.05, 0) is 20.8 Å². The lowest BCUT2D eigenvalue weighted by molar-refractivity contribution is 1.45. The fourth-order valence-electron chi connectivity index (χ4n) is 0.389. The van der Waals surface area contributed by atoms with Crippen molar-refractivity contribution in [2.24, 2.45) is 0 Å². The van der Waals surface area contributed by atoms with Gasteiger partial charge in [0.05, 0.1) is 0 Å². The van der Waals surface area contributed by atoms with Crippen molar-refractivity contribution in [3.8, 4) is 0 Å². The lowest BCUT2D eigenvalue weighted by atomic mass is 10.2. The van der Waals surface area contributed by atoms with Gasteiger partial charge in [-0.2, -0.15) is 0 Å². The molecule has 0 fully saturated rings. The van der Waals surface area contributed by atoms with Crippen molar-refractivity contribution < 1.29 is 0 Å². The van der Waals surface area contributed by atoms with Crippen molar-refractivity contribution in [2.75, 3.05) is 0 Å². The van der Waals surface area contributed by atoms with E-state index in [1.807, 2.05) is 19.9 Å². The molecule has 0 spiro atoms. The third kappa shape index (κ3) is 5.48. The summed E-state index contributed by atoms with van der Waals surface area (Å²) in [4.78, 5) is 0. The molecule has 0 nitrogen and oxygen atoms in total. The predicted molar refractivity (Wildman–Crippen MR) is 32.9 cm³/mol. The van der Waals surface area contributed by atoms with Gasteiger partial charge in [-0.1, -0.05) is 23.8 Å². The highest BCUT2D eigenvalue weighted by atomic mass is 13.8. The van der Waals surface area contributed by atoms with Crippen molar-refractivity contribution in [1.82, 2.24) is 0 Å². The summed E-state index contributed by atoms with van der Waals surface area (Å²) in [5.74, 6) is 0. The summed E-state index contributed by atoms with van der Waals surface area (Å²) in [6.45, 7) is 12.7. The standard InChI is InChI=1S/C7H10/c1-6(2)5-7(3)4/h1,5H,3H2,2,4H3/b6-5-. The van der Waals surface area contributed by atoms with Gasteiger partial charge >= 0.3 is 0 Å². The zero-order valence-corrected chi connectivity index (χ0v) is 4.86.